The van der Waals surface area contributed by atoms with Crippen LogP contribution in [0, 0.1) is 5.92 Å². The highest BCUT2D eigenvalue weighted by Gasteiger charge is 2.56. The van der Waals surface area contributed by atoms with E-state index in [0.29, 0.717) is 6.10 Å². The molecule has 1 aliphatic carbocycles. The summed E-state index contributed by atoms with van der Waals surface area (Å²) in [6.45, 7) is 0. The molecule has 2 heterocycles. The molecule has 3 aliphatic rings. The van der Waals surface area contributed by atoms with E-state index in [-0.39, 0.29) is 5.60 Å². The fourth-order valence-electron chi connectivity index (χ4n) is 4.01. The van der Waals surface area contributed by atoms with E-state index in [9.17, 15) is 0 Å². The molecule has 0 N–H and O–H groups in total. The molecule has 15 heavy (non-hydrogen) atoms. The summed E-state index contributed by atoms with van der Waals surface area (Å²) in [4.78, 5) is 0. The van der Waals surface area contributed by atoms with Gasteiger partial charge in [-0.3, -0.25) is 0 Å². The second kappa shape index (κ2) is 2.65. The first-order valence-corrected chi connectivity index (χ1v) is 6.17. The fourth-order valence-corrected chi connectivity index (χ4v) is 4.01. The van der Waals surface area contributed by atoms with Crippen molar-refractivity contribution in [3.05, 3.63) is 35.4 Å². The van der Waals surface area contributed by atoms with E-state index < -0.39 is 0 Å². The molecule has 2 fully saturated rings. The number of ether oxygens (including phenoxy) is 1. The Hall–Kier alpha value is -0.820. The van der Waals surface area contributed by atoms with Gasteiger partial charge in [0, 0.05) is 0 Å². The Labute approximate surface area is 90.4 Å². The van der Waals surface area contributed by atoms with Gasteiger partial charge in [0.25, 0.3) is 0 Å². The van der Waals surface area contributed by atoms with Gasteiger partial charge in [-0.2, -0.15) is 0 Å². The van der Waals surface area contributed by atoms with Crippen LogP contribution in [0.3, 0.4) is 0 Å². The van der Waals surface area contributed by atoms with Crippen molar-refractivity contribution in [2.75, 3.05) is 0 Å². The van der Waals surface area contributed by atoms with Gasteiger partial charge in [0.15, 0.2) is 0 Å². The zero-order chi connectivity index (χ0) is 9.88. The van der Waals surface area contributed by atoms with E-state index in [0.717, 1.165) is 5.92 Å². The van der Waals surface area contributed by atoms with Gasteiger partial charge in [0.2, 0.25) is 0 Å². The molecule has 1 spiro atoms. The SMILES string of the molecule is c1ccc2c(c1)[C@@H]1CC3CCCC[C@]23O1. The summed E-state index contributed by atoms with van der Waals surface area (Å²) in [6.07, 6.45) is 7.08. The summed E-state index contributed by atoms with van der Waals surface area (Å²) in [6, 6.07) is 8.88. The van der Waals surface area contributed by atoms with Crippen molar-refractivity contribution < 1.29 is 4.74 Å². The third-order valence-corrected chi connectivity index (χ3v) is 4.62. The quantitative estimate of drug-likeness (QED) is 0.622. The molecule has 3 atom stereocenters. The minimum absolute atomic E-state index is 0.138. The molecule has 1 heteroatoms. The van der Waals surface area contributed by atoms with Crippen LogP contribution in [-0.4, -0.2) is 0 Å². The summed E-state index contributed by atoms with van der Waals surface area (Å²) >= 11 is 0. The lowest BCUT2D eigenvalue weighted by atomic mass is 9.67. The third kappa shape index (κ3) is 0.884. The van der Waals surface area contributed by atoms with Gasteiger partial charge in [0.1, 0.15) is 0 Å². The molecule has 78 valence electrons. The Morgan fingerprint density at radius 2 is 2.13 bits per heavy atom. The standard InChI is InChI=1S/C14H16O/c1-2-7-12-11(6-1)13-9-10-5-3-4-8-14(10,12)15-13/h1-2,6-7,10,13H,3-5,8-9H2/t10?,13-,14+/m0/s1. The number of benzene rings is 1. The van der Waals surface area contributed by atoms with Gasteiger partial charge in [-0.05, 0) is 36.3 Å². The van der Waals surface area contributed by atoms with Crippen molar-refractivity contribution in [3.8, 4) is 0 Å². The normalized spacial score (nSPS) is 41.3. The van der Waals surface area contributed by atoms with Crippen LogP contribution < -0.4 is 0 Å². The molecule has 1 saturated heterocycles. The minimum Gasteiger partial charge on any atom is -0.362 e. The number of hydrogen-bond donors (Lipinski definition) is 0. The number of rotatable bonds is 0. The van der Waals surface area contributed by atoms with Gasteiger partial charge in [-0.1, -0.05) is 37.1 Å². The van der Waals surface area contributed by atoms with Crippen molar-refractivity contribution in [1.82, 2.24) is 0 Å². The molecular formula is C14H16O. The lowest BCUT2D eigenvalue weighted by Gasteiger charge is -2.38. The maximum absolute atomic E-state index is 6.33. The Morgan fingerprint density at radius 3 is 3.13 bits per heavy atom. The highest BCUT2D eigenvalue weighted by molar-refractivity contribution is 5.42. The van der Waals surface area contributed by atoms with E-state index in [1.54, 1.807) is 0 Å². The predicted octanol–water partition coefficient (Wildman–Crippen LogP) is 3.55. The number of hydrogen-bond acceptors (Lipinski definition) is 1. The summed E-state index contributed by atoms with van der Waals surface area (Å²) in [5, 5.41) is 0. The van der Waals surface area contributed by atoms with Crippen LogP contribution in [0.15, 0.2) is 24.3 Å². The Kier molecular flexibility index (Phi) is 1.47. The zero-order valence-electron chi connectivity index (χ0n) is 8.91. The molecule has 1 unspecified atom stereocenters. The van der Waals surface area contributed by atoms with Crippen LogP contribution in [0.25, 0.3) is 0 Å². The van der Waals surface area contributed by atoms with Crippen molar-refractivity contribution in [3.63, 3.8) is 0 Å². The van der Waals surface area contributed by atoms with Crippen molar-refractivity contribution in [2.45, 2.75) is 43.8 Å². The van der Waals surface area contributed by atoms with E-state index in [2.05, 4.69) is 24.3 Å². The van der Waals surface area contributed by atoms with E-state index >= 15 is 0 Å². The molecule has 1 aromatic carbocycles. The summed E-state index contributed by atoms with van der Waals surface area (Å²) < 4.78 is 6.33. The maximum Gasteiger partial charge on any atom is 0.0972 e. The molecular weight excluding hydrogens is 184 g/mol. The largest absolute Gasteiger partial charge is 0.362 e. The molecule has 2 aliphatic heterocycles. The Bertz CT molecular complexity index is 412. The van der Waals surface area contributed by atoms with Gasteiger partial charge in [-0.25, -0.2) is 0 Å². The average Bonchev–Trinajstić information content (AvgIpc) is 2.82. The second-order valence-electron chi connectivity index (χ2n) is 5.26. The summed E-state index contributed by atoms with van der Waals surface area (Å²) in [5.74, 6) is 0.811. The molecule has 0 aromatic heterocycles. The number of fused-ring (bicyclic) bond motifs is 3. The lowest BCUT2D eigenvalue weighted by molar-refractivity contribution is -0.0609. The Morgan fingerprint density at radius 1 is 1.20 bits per heavy atom. The highest BCUT2D eigenvalue weighted by Crippen LogP contribution is 2.62. The highest BCUT2D eigenvalue weighted by atomic mass is 16.5. The van der Waals surface area contributed by atoms with Crippen LogP contribution in [0.2, 0.25) is 0 Å². The molecule has 4 rings (SSSR count). The Balaban J connectivity index is 1.92. The third-order valence-electron chi connectivity index (χ3n) is 4.62. The molecule has 2 bridgehead atoms. The van der Waals surface area contributed by atoms with Crippen molar-refractivity contribution in [2.24, 2.45) is 5.92 Å². The lowest BCUT2D eigenvalue weighted by Crippen LogP contribution is -2.34. The topological polar surface area (TPSA) is 9.23 Å². The second-order valence-corrected chi connectivity index (χ2v) is 5.26. The summed E-state index contributed by atoms with van der Waals surface area (Å²) in [5.41, 5.74) is 3.14. The van der Waals surface area contributed by atoms with Crippen LogP contribution >= 0.6 is 0 Å². The van der Waals surface area contributed by atoms with Crippen LogP contribution in [0.4, 0.5) is 0 Å². The van der Waals surface area contributed by atoms with Crippen molar-refractivity contribution in [1.29, 1.82) is 0 Å². The van der Waals surface area contributed by atoms with Crippen molar-refractivity contribution >= 4 is 0 Å². The fraction of sp³-hybridized carbons (Fsp3) is 0.571. The van der Waals surface area contributed by atoms with E-state index in [1.165, 1.54) is 43.2 Å². The monoisotopic (exact) mass is 200 g/mol. The first-order valence-electron chi connectivity index (χ1n) is 6.17. The van der Waals surface area contributed by atoms with E-state index in [4.69, 9.17) is 4.74 Å². The van der Waals surface area contributed by atoms with Crippen LogP contribution in [-0.2, 0) is 10.3 Å². The summed E-state index contributed by atoms with van der Waals surface area (Å²) in [7, 11) is 0. The average molecular weight is 200 g/mol. The van der Waals surface area contributed by atoms with Gasteiger partial charge in [-0.15, -0.1) is 0 Å². The van der Waals surface area contributed by atoms with Crippen LogP contribution in [0.1, 0.15) is 49.3 Å². The molecule has 1 aromatic rings. The van der Waals surface area contributed by atoms with E-state index in [1.807, 2.05) is 0 Å². The zero-order valence-corrected chi connectivity index (χ0v) is 8.91. The first-order chi connectivity index (χ1) is 7.40. The van der Waals surface area contributed by atoms with Gasteiger partial charge < -0.3 is 4.74 Å². The van der Waals surface area contributed by atoms with Gasteiger partial charge >= 0.3 is 0 Å². The smallest absolute Gasteiger partial charge is 0.0972 e. The first kappa shape index (κ1) is 8.35. The molecule has 1 saturated carbocycles. The minimum atomic E-state index is 0.138. The maximum atomic E-state index is 6.33. The molecule has 0 amide bonds. The predicted molar refractivity (Wildman–Crippen MR) is 58.5 cm³/mol. The van der Waals surface area contributed by atoms with Crippen LogP contribution in [0.5, 0.6) is 0 Å². The molecule has 1 nitrogen and oxygen atoms in total. The molecule has 0 radical (unpaired) electrons. The van der Waals surface area contributed by atoms with Gasteiger partial charge in [0.05, 0.1) is 11.7 Å².